The Bertz CT molecular complexity index is 634. The lowest BCUT2D eigenvalue weighted by Gasteiger charge is -2.16. The van der Waals surface area contributed by atoms with Crippen LogP contribution in [0.5, 0.6) is 0 Å². The minimum Gasteiger partial charge on any atom is -0.257 e. The molecular formula is C16H13F2N. The normalized spacial score (nSPS) is 17.9. The van der Waals surface area contributed by atoms with Gasteiger partial charge in [-0.05, 0) is 48.1 Å². The van der Waals surface area contributed by atoms with Crippen molar-refractivity contribution in [2.45, 2.75) is 18.8 Å². The van der Waals surface area contributed by atoms with Crippen molar-refractivity contribution in [3.63, 3.8) is 0 Å². The van der Waals surface area contributed by atoms with E-state index in [1.807, 2.05) is 24.3 Å². The van der Waals surface area contributed by atoms with Crippen molar-refractivity contribution in [3.8, 4) is 0 Å². The van der Waals surface area contributed by atoms with E-state index in [0.29, 0.717) is 18.4 Å². The monoisotopic (exact) mass is 257 g/mol. The third-order valence-electron chi connectivity index (χ3n) is 3.51. The van der Waals surface area contributed by atoms with E-state index in [1.54, 1.807) is 18.3 Å². The van der Waals surface area contributed by atoms with Crippen LogP contribution in [0.25, 0.3) is 6.08 Å². The van der Waals surface area contributed by atoms with Gasteiger partial charge >= 0.3 is 0 Å². The van der Waals surface area contributed by atoms with Crippen LogP contribution in [-0.4, -0.2) is 4.98 Å². The summed E-state index contributed by atoms with van der Waals surface area (Å²) in [6.07, 6.45) is 7.04. The van der Waals surface area contributed by atoms with E-state index in [9.17, 15) is 8.78 Å². The molecule has 0 fully saturated rings. The summed E-state index contributed by atoms with van der Waals surface area (Å²) in [6.45, 7) is 0. The van der Waals surface area contributed by atoms with E-state index >= 15 is 0 Å². The molecule has 1 aromatic carbocycles. The summed E-state index contributed by atoms with van der Waals surface area (Å²) in [6, 6.07) is 8.24. The number of hydrogen-bond acceptors (Lipinski definition) is 1. The number of halogens is 2. The molecule has 0 unspecified atom stereocenters. The molecule has 0 spiro atoms. The van der Waals surface area contributed by atoms with Crippen LogP contribution in [0.3, 0.4) is 0 Å². The van der Waals surface area contributed by atoms with E-state index in [2.05, 4.69) is 4.98 Å². The third kappa shape index (κ3) is 2.28. The van der Waals surface area contributed by atoms with Crippen molar-refractivity contribution in [2.24, 2.45) is 0 Å². The van der Waals surface area contributed by atoms with E-state index in [0.717, 1.165) is 17.3 Å². The fourth-order valence-corrected chi connectivity index (χ4v) is 2.54. The van der Waals surface area contributed by atoms with Crippen molar-refractivity contribution in [2.75, 3.05) is 0 Å². The standard InChI is InChI=1S/C16H13F2N/c17-14-7-2-6-13(16(14)18)11-4-1-8-15-12(10-11)5-3-9-19-15/h1-3,5-9,11H,4,10H2/t11-/m1/s1. The van der Waals surface area contributed by atoms with Crippen LogP contribution in [0.4, 0.5) is 8.78 Å². The predicted molar refractivity (Wildman–Crippen MR) is 70.7 cm³/mol. The molecule has 0 N–H and O–H groups in total. The van der Waals surface area contributed by atoms with Crippen LogP contribution < -0.4 is 0 Å². The predicted octanol–water partition coefficient (Wildman–Crippen LogP) is 4.10. The molecule has 3 heteroatoms. The van der Waals surface area contributed by atoms with Crippen molar-refractivity contribution < 1.29 is 8.78 Å². The number of rotatable bonds is 1. The Kier molecular flexibility index (Phi) is 3.11. The van der Waals surface area contributed by atoms with Crippen LogP contribution >= 0.6 is 0 Å². The van der Waals surface area contributed by atoms with E-state index in [-0.39, 0.29) is 5.92 Å². The molecule has 1 aliphatic carbocycles. The number of fused-ring (bicyclic) bond motifs is 1. The van der Waals surface area contributed by atoms with Crippen molar-refractivity contribution in [3.05, 3.63) is 71.1 Å². The van der Waals surface area contributed by atoms with Crippen LogP contribution in [0.1, 0.15) is 29.2 Å². The van der Waals surface area contributed by atoms with Gasteiger partial charge in [0.1, 0.15) is 0 Å². The summed E-state index contributed by atoms with van der Waals surface area (Å²) in [5, 5.41) is 0. The van der Waals surface area contributed by atoms with Gasteiger partial charge in [0.05, 0.1) is 5.69 Å². The summed E-state index contributed by atoms with van der Waals surface area (Å²) in [7, 11) is 0. The molecule has 1 aromatic heterocycles. The zero-order chi connectivity index (χ0) is 13.2. The summed E-state index contributed by atoms with van der Waals surface area (Å²) < 4.78 is 27.2. The van der Waals surface area contributed by atoms with Crippen molar-refractivity contribution >= 4 is 6.08 Å². The second-order valence-electron chi connectivity index (χ2n) is 4.73. The van der Waals surface area contributed by atoms with Crippen LogP contribution in [0.2, 0.25) is 0 Å². The van der Waals surface area contributed by atoms with Gasteiger partial charge < -0.3 is 0 Å². The molecule has 3 rings (SSSR count). The maximum absolute atomic E-state index is 13.9. The maximum atomic E-state index is 13.9. The Hall–Kier alpha value is -2.03. The largest absolute Gasteiger partial charge is 0.257 e. The number of benzene rings is 1. The molecule has 1 nitrogen and oxygen atoms in total. The number of nitrogens with zero attached hydrogens (tertiary/aromatic N) is 1. The second-order valence-corrected chi connectivity index (χ2v) is 4.73. The van der Waals surface area contributed by atoms with Crippen LogP contribution in [0.15, 0.2) is 42.6 Å². The molecule has 0 bridgehead atoms. The fourth-order valence-electron chi connectivity index (χ4n) is 2.54. The van der Waals surface area contributed by atoms with Crippen molar-refractivity contribution in [1.29, 1.82) is 0 Å². The Labute approximate surface area is 110 Å². The van der Waals surface area contributed by atoms with Crippen molar-refractivity contribution in [1.82, 2.24) is 4.98 Å². The van der Waals surface area contributed by atoms with Gasteiger partial charge in [-0.2, -0.15) is 0 Å². The fraction of sp³-hybridized carbons (Fsp3) is 0.188. The number of pyridine rings is 1. The Balaban J connectivity index is 2.00. The first-order valence-corrected chi connectivity index (χ1v) is 6.30. The quantitative estimate of drug-likeness (QED) is 0.749. The number of aromatic nitrogens is 1. The lowest BCUT2D eigenvalue weighted by atomic mass is 9.90. The smallest absolute Gasteiger partial charge is 0.162 e. The summed E-state index contributed by atoms with van der Waals surface area (Å²) >= 11 is 0. The summed E-state index contributed by atoms with van der Waals surface area (Å²) in [4.78, 5) is 4.29. The average molecular weight is 257 g/mol. The molecule has 0 saturated carbocycles. The topological polar surface area (TPSA) is 12.9 Å². The molecular weight excluding hydrogens is 244 g/mol. The van der Waals surface area contributed by atoms with Gasteiger partial charge in [-0.1, -0.05) is 24.3 Å². The molecule has 0 radical (unpaired) electrons. The third-order valence-corrected chi connectivity index (χ3v) is 3.51. The molecule has 0 amide bonds. The highest BCUT2D eigenvalue weighted by Crippen LogP contribution is 2.31. The molecule has 96 valence electrons. The van der Waals surface area contributed by atoms with Gasteiger partial charge in [0.15, 0.2) is 11.6 Å². The van der Waals surface area contributed by atoms with E-state index < -0.39 is 11.6 Å². The minimum absolute atomic E-state index is 0.0441. The lowest BCUT2D eigenvalue weighted by molar-refractivity contribution is 0.486. The zero-order valence-electron chi connectivity index (χ0n) is 10.3. The number of hydrogen-bond donors (Lipinski definition) is 0. The molecule has 19 heavy (non-hydrogen) atoms. The molecule has 2 aromatic rings. The molecule has 1 atom stereocenters. The highest BCUT2D eigenvalue weighted by molar-refractivity contribution is 5.51. The lowest BCUT2D eigenvalue weighted by Crippen LogP contribution is -2.06. The average Bonchev–Trinajstić information content (AvgIpc) is 2.64. The molecule has 0 aliphatic heterocycles. The Morgan fingerprint density at radius 2 is 2.00 bits per heavy atom. The maximum Gasteiger partial charge on any atom is 0.162 e. The second kappa shape index (κ2) is 4.92. The van der Waals surface area contributed by atoms with Gasteiger partial charge in [-0.15, -0.1) is 0 Å². The minimum atomic E-state index is -0.780. The SMILES string of the molecule is Fc1cccc([C@@H]2CC=Cc3ncccc3C2)c1F. The van der Waals surface area contributed by atoms with Crippen LogP contribution in [-0.2, 0) is 6.42 Å². The highest BCUT2D eigenvalue weighted by atomic mass is 19.2. The van der Waals surface area contributed by atoms with Gasteiger partial charge in [-0.25, -0.2) is 8.78 Å². The Morgan fingerprint density at radius 1 is 1.11 bits per heavy atom. The molecule has 1 heterocycles. The van der Waals surface area contributed by atoms with E-state index in [4.69, 9.17) is 0 Å². The van der Waals surface area contributed by atoms with Gasteiger partial charge in [0.25, 0.3) is 0 Å². The first-order chi connectivity index (χ1) is 9.25. The first kappa shape index (κ1) is 12.0. The highest BCUT2D eigenvalue weighted by Gasteiger charge is 2.20. The summed E-state index contributed by atoms with van der Waals surface area (Å²) in [5.74, 6) is -1.55. The molecule has 1 aliphatic rings. The van der Waals surface area contributed by atoms with Gasteiger partial charge in [-0.3, -0.25) is 4.98 Å². The van der Waals surface area contributed by atoms with Gasteiger partial charge in [0, 0.05) is 6.20 Å². The molecule has 0 saturated heterocycles. The van der Waals surface area contributed by atoms with E-state index in [1.165, 1.54) is 0 Å². The summed E-state index contributed by atoms with van der Waals surface area (Å²) in [5.41, 5.74) is 2.44. The number of allylic oxidation sites excluding steroid dienone is 1. The first-order valence-electron chi connectivity index (χ1n) is 6.30. The Morgan fingerprint density at radius 3 is 2.89 bits per heavy atom. The van der Waals surface area contributed by atoms with Gasteiger partial charge in [0.2, 0.25) is 0 Å². The zero-order valence-corrected chi connectivity index (χ0v) is 10.3. The van der Waals surface area contributed by atoms with Crippen LogP contribution in [0, 0.1) is 11.6 Å².